The van der Waals surface area contributed by atoms with Gasteiger partial charge in [-0.25, -0.2) is 18.2 Å². The Bertz CT molecular complexity index is 977. The number of carbonyl (C=O) groups excluding carboxylic acids is 2. The number of hydrogen-bond donors (Lipinski definition) is 1. The summed E-state index contributed by atoms with van der Waals surface area (Å²) in [6, 6.07) is 5.80. The van der Waals surface area contributed by atoms with Gasteiger partial charge >= 0.3 is 5.97 Å². The first-order valence-corrected chi connectivity index (χ1v) is 11.1. The molecule has 0 bridgehead atoms. The number of ether oxygens (including phenoxy) is 1. The van der Waals surface area contributed by atoms with Gasteiger partial charge < -0.3 is 4.74 Å². The predicted octanol–water partition coefficient (Wildman–Crippen LogP) is 2.67. The van der Waals surface area contributed by atoms with Crippen molar-refractivity contribution in [2.75, 3.05) is 25.5 Å². The van der Waals surface area contributed by atoms with Crippen LogP contribution in [-0.2, 0) is 14.8 Å². The molecule has 0 saturated carbocycles. The number of thiazole rings is 1. The van der Waals surface area contributed by atoms with Crippen molar-refractivity contribution in [1.82, 2.24) is 9.29 Å². The molecule has 1 aromatic heterocycles. The summed E-state index contributed by atoms with van der Waals surface area (Å²) in [5.74, 6) is -0.949. The van der Waals surface area contributed by atoms with Crippen LogP contribution < -0.4 is 5.32 Å². The number of benzene rings is 1. The van der Waals surface area contributed by atoms with Crippen molar-refractivity contribution in [3.05, 3.63) is 40.4 Å². The zero-order valence-electron chi connectivity index (χ0n) is 15.6. The number of anilines is 1. The number of amides is 1. The number of nitrogens with one attached hydrogen (secondary N) is 1. The quantitative estimate of drug-likeness (QED) is 0.741. The van der Waals surface area contributed by atoms with Crippen LogP contribution in [0.1, 0.15) is 45.0 Å². The van der Waals surface area contributed by atoms with Crippen LogP contribution in [0.15, 0.2) is 29.2 Å². The second-order valence-corrected chi connectivity index (χ2v) is 9.31. The molecule has 0 unspecified atom stereocenters. The molecule has 1 N–H and O–H groups in total. The Morgan fingerprint density at radius 3 is 2.39 bits per heavy atom. The van der Waals surface area contributed by atoms with Crippen molar-refractivity contribution in [2.45, 2.75) is 31.1 Å². The Balaban J connectivity index is 1.73. The second-order valence-electron chi connectivity index (χ2n) is 6.37. The standard InChI is InChI=1S/C18H21N3O5S2/c1-12-15(17(23)26-2)27-18(19-12)20-16(22)13-6-8-14(9-7-13)28(24,25)21-10-4-3-5-11-21/h6-9H,3-5,10-11H2,1-2H3,(H,19,20,22). The molecule has 8 nitrogen and oxygen atoms in total. The van der Waals surface area contributed by atoms with Crippen molar-refractivity contribution in [2.24, 2.45) is 0 Å². The fourth-order valence-electron chi connectivity index (χ4n) is 2.93. The van der Waals surface area contributed by atoms with E-state index in [2.05, 4.69) is 15.0 Å². The van der Waals surface area contributed by atoms with Gasteiger partial charge in [0.1, 0.15) is 4.88 Å². The lowest BCUT2D eigenvalue weighted by molar-refractivity contribution is 0.0605. The smallest absolute Gasteiger partial charge is 0.350 e. The lowest BCUT2D eigenvalue weighted by Gasteiger charge is -2.25. The van der Waals surface area contributed by atoms with Crippen LogP contribution in [0.2, 0.25) is 0 Å². The summed E-state index contributed by atoms with van der Waals surface area (Å²) in [7, 11) is -2.26. The van der Waals surface area contributed by atoms with E-state index in [1.54, 1.807) is 6.92 Å². The largest absolute Gasteiger partial charge is 0.465 e. The van der Waals surface area contributed by atoms with Gasteiger partial charge in [-0.15, -0.1) is 0 Å². The molecular weight excluding hydrogens is 402 g/mol. The summed E-state index contributed by atoms with van der Waals surface area (Å²) in [4.78, 5) is 28.7. The Morgan fingerprint density at radius 2 is 1.79 bits per heavy atom. The molecule has 2 heterocycles. The number of rotatable bonds is 5. The fourth-order valence-corrected chi connectivity index (χ4v) is 5.33. The molecule has 1 fully saturated rings. The topological polar surface area (TPSA) is 106 Å². The van der Waals surface area contributed by atoms with Gasteiger partial charge in [-0.2, -0.15) is 4.31 Å². The highest BCUT2D eigenvalue weighted by atomic mass is 32.2. The zero-order valence-corrected chi connectivity index (χ0v) is 17.2. The van der Waals surface area contributed by atoms with Crippen molar-refractivity contribution >= 4 is 38.4 Å². The van der Waals surface area contributed by atoms with Gasteiger partial charge in [-0.05, 0) is 44.0 Å². The normalized spacial score (nSPS) is 15.2. The van der Waals surface area contributed by atoms with E-state index >= 15 is 0 Å². The first-order valence-electron chi connectivity index (χ1n) is 8.80. The summed E-state index contributed by atoms with van der Waals surface area (Å²) < 4.78 is 31.5. The number of aromatic nitrogens is 1. The van der Waals surface area contributed by atoms with Gasteiger partial charge in [0, 0.05) is 18.7 Å². The summed E-state index contributed by atoms with van der Waals surface area (Å²) in [6.45, 7) is 2.70. The molecule has 0 aliphatic carbocycles. The van der Waals surface area contributed by atoms with Gasteiger partial charge in [-0.1, -0.05) is 17.8 Å². The van der Waals surface area contributed by atoms with E-state index in [9.17, 15) is 18.0 Å². The maximum Gasteiger partial charge on any atom is 0.350 e. The molecule has 1 aliphatic rings. The summed E-state index contributed by atoms with van der Waals surface area (Å²) >= 11 is 1.02. The minimum Gasteiger partial charge on any atom is -0.465 e. The summed E-state index contributed by atoms with van der Waals surface area (Å²) in [5.41, 5.74) is 0.764. The van der Waals surface area contributed by atoms with Gasteiger partial charge in [-0.3, -0.25) is 10.1 Å². The molecule has 1 amide bonds. The summed E-state index contributed by atoms with van der Waals surface area (Å²) in [5, 5.41) is 2.89. The van der Waals surface area contributed by atoms with Crippen molar-refractivity contribution in [3.63, 3.8) is 0 Å². The van der Waals surface area contributed by atoms with Crippen molar-refractivity contribution in [1.29, 1.82) is 0 Å². The number of aryl methyl sites for hydroxylation is 1. The average molecular weight is 424 g/mol. The number of piperidine rings is 1. The van der Waals surface area contributed by atoms with E-state index in [4.69, 9.17) is 0 Å². The molecule has 28 heavy (non-hydrogen) atoms. The Hall–Kier alpha value is -2.30. The van der Waals surface area contributed by atoms with E-state index in [0.717, 1.165) is 30.6 Å². The zero-order chi connectivity index (χ0) is 20.3. The average Bonchev–Trinajstić information content (AvgIpc) is 3.08. The Kier molecular flexibility index (Phi) is 6.11. The number of hydrogen-bond acceptors (Lipinski definition) is 7. The second kappa shape index (κ2) is 8.38. The van der Waals surface area contributed by atoms with Crippen molar-refractivity contribution < 1.29 is 22.7 Å². The van der Waals surface area contributed by atoms with Crippen LogP contribution in [0.4, 0.5) is 5.13 Å². The molecule has 0 atom stereocenters. The van der Waals surface area contributed by atoms with Crippen LogP contribution in [0, 0.1) is 6.92 Å². The van der Waals surface area contributed by atoms with Gasteiger partial charge in [0.25, 0.3) is 5.91 Å². The van der Waals surface area contributed by atoms with Crippen LogP contribution >= 0.6 is 11.3 Å². The molecule has 0 spiro atoms. The van der Waals surface area contributed by atoms with E-state index in [-0.39, 0.29) is 10.0 Å². The minimum atomic E-state index is -3.54. The Labute approximate surface area is 167 Å². The molecule has 3 rings (SSSR count). The lowest BCUT2D eigenvalue weighted by atomic mass is 10.2. The van der Waals surface area contributed by atoms with Crippen molar-refractivity contribution in [3.8, 4) is 0 Å². The SMILES string of the molecule is COC(=O)c1sc(NC(=O)c2ccc(S(=O)(=O)N3CCCCC3)cc2)nc1C. The van der Waals surface area contributed by atoms with Crippen LogP contribution in [0.25, 0.3) is 0 Å². The number of carbonyl (C=O) groups is 2. The third kappa shape index (κ3) is 4.23. The molecule has 150 valence electrons. The first kappa shape index (κ1) is 20.4. The molecule has 1 aromatic carbocycles. The highest BCUT2D eigenvalue weighted by Gasteiger charge is 2.26. The molecule has 1 saturated heterocycles. The highest BCUT2D eigenvalue weighted by molar-refractivity contribution is 7.89. The third-order valence-electron chi connectivity index (χ3n) is 4.46. The Morgan fingerprint density at radius 1 is 1.14 bits per heavy atom. The fraction of sp³-hybridized carbons (Fsp3) is 0.389. The maximum atomic E-state index is 12.7. The number of nitrogens with zero attached hydrogens (tertiary/aromatic N) is 2. The maximum absolute atomic E-state index is 12.7. The highest BCUT2D eigenvalue weighted by Crippen LogP contribution is 2.24. The van der Waals surface area contributed by atoms with Crippen LogP contribution in [0.5, 0.6) is 0 Å². The van der Waals surface area contributed by atoms with E-state index in [1.165, 1.54) is 35.7 Å². The van der Waals surface area contributed by atoms with Gasteiger partial charge in [0.2, 0.25) is 10.0 Å². The molecule has 2 aromatic rings. The molecule has 1 aliphatic heterocycles. The molecule has 10 heteroatoms. The summed E-state index contributed by atoms with van der Waals surface area (Å²) in [6.07, 6.45) is 2.76. The minimum absolute atomic E-state index is 0.170. The first-order chi connectivity index (χ1) is 13.3. The van der Waals surface area contributed by atoms with Crippen LogP contribution in [-0.4, -0.2) is 49.8 Å². The van der Waals surface area contributed by atoms with E-state index < -0.39 is 21.9 Å². The number of esters is 1. The third-order valence-corrected chi connectivity index (χ3v) is 7.42. The predicted molar refractivity (Wildman–Crippen MR) is 105 cm³/mol. The van der Waals surface area contributed by atoms with E-state index in [0.29, 0.717) is 29.2 Å². The monoisotopic (exact) mass is 423 g/mol. The number of methoxy groups -OCH3 is 1. The van der Waals surface area contributed by atoms with Crippen LogP contribution in [0.3, 0.4) is 0 Å². The van der Waals surface area contributed by atoms with Gasteiger partial charge in [0.15, 0.2) is 5.13 Å². The molecular formula is C18H21N3O5S2. The van der Waals surface area contributed by atoms with Gasteiger partial charge in [0.05, 0.1) is 17.7 Å². The lowest BCUT2D eigenvalue weighted by Crippen LogP contribution is -2.35. The van der Waals surface area contributed by atoms with E-state index in [1.807, 2.05) is 0 Å². The number of sulfonamides is 1. The molecule has 0 radical (unpaired) electrons.